The van der Waals surface area contributed by atoms with Gasteiger partial charge in [-0.1, -0.05) is 26.7 Å². The Bertz CT molecular complexity index is 671. The molecule has 0 spiro atoms. The van der Waals surface area contributed by atoms with Crippen molar-refractivity contribution in [3.63, 3.8) is 0 Å². The van der Waals surface area contributed by atoms with Crippen LogP contribution in [-0.4, -0.2) is 19.9 Å². The number of nitrogens with zero attached hydrogens (tertiary/aromatic N) is 3. The molecule has 21 heavy (non-hydrogen) atoms. The second kappa shape index (κ2) is 7.21. The SMILES string of the molecule is CCCc1cc(=O)[nH]c(Sc2ncnc(N)c2CCC)n1. The van der Waals surface area contributed by atoms with Gasteiger partial charge in [0.1, 0.15) is 17.2 Å². The first-order valence-corrected chi connectivity index (χ1v) is 7.83. The molecule has 2 aromatic rings. The van der Waals surface area contributed by atoms with Crippen LogP contribution in [-0.2, 0) is 12.8 Å². The van der Waals surface area contributed by atoms with Crippen molar-refractivity contribution in [1.29, 1.82) is 0 Å². The van der Waals surface area contributed by atoms with Crippen LogP contribution in [0, 0.1) is 0 Å². The second-order valence-electron chi connectivity index (χ2n) is 4.69. The minimum Gasteiger partial charge on any atom is -0.383 e. The zero-order valence-electron chi connectivity index (χ0n) is 12.2. The summed E-state index contributed by atoms with van der Waals surface area (Å²) >= 11 is 1.32. The smallest absolute Gasteiger partial charge is 0.251 e. The zero-order valence-corrected chi connectivity index (χ0v) is 13.0. The van der Waals surface area contributed by atoms with Gasteiger partial charge in [-0.05, 0) is 24.6 Å². The summed E-state index contributed by atoms with van der Waals surface area (Å²) in [6.45, 7) is 4.13. The zero-order chi connectivity index (χ0) is 15.2. The number of aromatic nitrogens is 4. The van der Waals surface area contributed by atoms with Crippen molar-refractivity contribution in [3.05, 3.63) is 34.0 Å². The minimum absolute atomic E-state index is 0.144. The Morgan fingerprint density at radius 2 is 2.00 bits per heavy atom. The fourth-order valence-corrected chi connectivity index (χ4v) is 2.92. The van der Waals surface area contributed by atoms with E-state index in [2.05, 4.69) is 33.8 Å². The van der Waals surface area contributed by atoms with E-state index in [9.17, 15) is 4.79 Å². The van der Waals surface area contributed by atoms with E-state index in [0.717, 1.165) is 42.0 Å². The van der Waals surface area contributed by atoms with Crippen molar-refractivity contribution >= 4 is 17.6 Å². The molecule has 2 aromatic heterocycles. The van der Waals surface area contributed by atoms with Gasteiger partial charge in [0.05, 0.1) is 0 Å². The number of rotatable bonds is 6. The van der Waals surface area contributed by atoms with Gasteiger partial charge in [-0.15, -0.1) is 0 Å². The Hall–Kier alpha value is -1.89. The van der Waals surface area contributed by atoms with E-state index in [4.69, 9.17) is 5.73 Å². The summed E-state index contributed by atoms with van der Waals surface area (Å²) in [6, 6.07) is 1.54. The number of H-pyrrole nitrogens is 1. The molecule has 0 bridgehead atoms. The van der Waals surface area contributed by atoms with Crippen LogP contribution in [0.1, 0.15) is 37.9 Å². The van der Waals surface area contributed by atoms with Crippen molar-refractivity contribution < 1.29 is 0 Å². The molecule has 0 aliphatic carbocycles. The maximum absolute atomic E-state index is 11.7. The van der Waals surface area contributed by atoms with E-state index in [0.29, 0.717) is 11.0 Å². The molecule has 0 saturated heterocycles. The summed E-state index contributed by atoms with van der Waals surface area (Å²) in [5.74, 6) is 0.487. The molecule has 2 heterocycles. The highest BCUT2D eigenvalue weighted by molar-refractivity contribution is 7.99. The predicted molar refractivity (Wildman–Crippen MR) is 83.4 cm³/mol. The number of nitrogen functional groups attached to an aromatic ring is 1. The lowest BCUT2D eigenvalue weighted by Crippen LogP contribution is -2.10. The molecule has 3 N–H and O–H groups in total. The monoisotopic (exact) mass is 305 g/mol. The van der Waals surface area contributed by atoms with Gasteiger partial charge in [0.2, 0.25) is 0 Å². The average Bonchev–Trinajstić information content (AvgIpc) is 2.42. The Balaban J connectivity index is 2.34. The first-order valence-electron chi connectivity index (χ1n) is 7.01. The molecule has 0 atom stereocenters. The summed E-state index contributed by atoms with van der Waals surface area (Å²) in [7, 11) is 0. The standard InChI is InChI=1S/C14H19N5OS/c1-3-5-9-7-11(20)19-14(18-9)21-13-10(6-4-2)12(15)16-8-17-13/h7-8H,3-6H2,1-2H3,(H2,15,16,17)(H,18,19,20). The van der Waals surface area contributed by atoms with Crippen LogP contribution in [0.25, 0.3) is 0 Å². The molecule has 0 unspecified atom stereocenters. The summed E-state index contributed by atoms with van der Waals surface area (Å²) < 4.78 is 0. The van der Waals surface area contributed by atoms with Gasteiger partial charge in [-0.2, -0.15) is 0 Å². The molecule has 7 heteroatoms. The normalized spacial score (nSPS) is 10.8. The van der Waals surface area contributed by atoms with E-state index >= 15 is 0 Å². The van der Waals surface area contributed by atoms with Crippen molar-refractivity contribution in [3.8, 4) is 0 Å². The largest absolute Gasteiger partial charge is 0.383 e. The minimum atomic E-state index is -0.144. The first kappa shape index (κ1) is 15.5. The molecular formula is C14H19N5OS. The Labute approximate surface area is 127 Å². The third-order valence-corrected chi connectivity index (χ3v) is 3.84. The van der Waals surface area contributed by atoms with Gasteiger partial charge >= 0.3 is 0 Å². The fourth-order valence-electron chi connectivity index (χ4n) is 1.99. The average molecular weight is 305 g/mol. The van der Waals surface area contributed by atoms with Gasteiger partial charge in [-0.3, -0.25) is 4.79 Å². The van der Waals surface area contributed by atoms with Crippen LogP contribution < -0.4 is 11.3 Å². The van der Waals surface area contributed by atoms with Crippen molar-refractivity contribution in [2.75, 3.05) is 5.73 Å². The van der Waals surface area contributed by atoms with E-state index in [1.165, 1.54) is 24.2 Å². The number of aromatic amines is 1. The quantitative estimate of drug-likeness (QED) is 0.627. The molecule has 0 aliphatic rings. The molecule has 0 aromatic carbocycles. The molecule has 0 fully saturated rings. The topological polar surface area (TPSA) is 97.5 Å². The van der Waals surface area contributed by atoms with Crippen LogP contribution >= 0.6 is 11.8 Å². The van der Waals surface area contributed by atoms with E-state index in [1.807, 2.05) is 0 Å². The Kier molecular flexibility index (Phi) is 5.32. The molecule has 6 nitrogen and oxygen atoms in total. The molecule has 0 amide bonds. The van der Waals surface area contributed by atoms with Gasteiger partial charge in [0.25, 0.3) is 5.56 Å². The number of nitrogens with one attached hydrogen (secondary N) is 1. The lowest BCUT2D eigenvalue weighted by Gasteiger charge is -2.09. The van der Waals surface area contributed by atoms with Crippen molar-refractivity contribution in [2.24, 2.45) is 0 Å². The fraction of sp³-hybridized carbons (Fsp3) is 0.429. The number of hydrogen-bond acceptors (Lipinski definition) is 6. The summed E-state index contributed by atoms with van der Waals surface area (Å²) in [5, 5.41) is 1.29. The van der Waals surface area contributed by atoms with Crippen LogP contribution in [0.4, 0.5) is 5.82 Å². The molecule has 0 saturated carbocycles. The molecular weight excluding hydrogens is 286 g/mol. The van der Waals surface area contributed by atoms with Crippen LogP contribution in [0.2, 0.25) is 0 Å². The third-order valence-electron chi connectivity index (χ3n) is 2.91. The predicted octanol–water partition coefficient (Wildman–Crippen LogP) is 2.20. The van der Waals surface area contributed by atoms with Crippen molar-refractivity contribution in [2.45, 2.75) is 49.7 Å². The van der Waals surface area contributed by atoms with Gasteiger partial charge in [-0.25, -0.2) is 15.0 Å². The Morgan fingerprint density at radius 1 is 1.24 bits per heavy atom. The van der Waals surface area contributed by atoms with E-state index in [1.54, 1.807) is 0 Å². The number of anilines is 1. The molecule has 0 aliphatic heterocycles. The summed E-state index contributed by atoms with van der Waals surface area (Å²) in [6.07, 6.45) is 4.91. The third kappa shape index (κ3) is 4.04. The first-order chi connectivity index (χ1) is 10.1. The molecule has 2 rings (SSSR count). The summed E-state index contributed by atoms with van der Waals surface area (Å²) in [4.78, 5) is 27.2. The van der Waals surface area contributed by atoms with Gasteiger partial charge in [0.15, 0.2) is 5.16 Å². The summed E-state index contributed by atoms with van der Waals surface area (Å²) in [5.41, 5.74) is 7.47. The van der Waals surface area contributed by atoms with Crippen molar-refractivity contribution in [1.82, 2.24) is 19.9 Å². The highest BCUT2D eigenvalue weighted by Crippen LogP contribution is 2.28. The van der Waals surface area contributed by atoms with E-state index in [-0.39, 0.29) is 5.56 Å². The lowest BCUT2D eigenvalue weighted by atomic mass is 10.2. The second-order valence-corrected chi connectivity index (χ2v) is 5.66. The number of nitrogens with two attached hydrogens (primary N) is 1. The molecule has 0 radical (unpaired) electrons. The van der Waals surface area contributed by atoms with Crippen LogP contribution in [0.5, 0.6) is 0 Å². The molecule has 112 valence electrons. The highest BCUT2D eigenvalue weighted by atomic mass is 32.2. The number of hydrogen-bond donors (Lipinski definition) is 2. The number of aryl methyl sites for hydroxylation is 1. The van der Waals surface area contributed by atoms with E-state index < -0.39 is 0 Å². The lowest BCUT2D eigenvalue weighted by molar-refractivity contribution is 0.811. The van der Waals surface area contributed by atoms with Crippen LogP contribution in [0.15, 0.2) is 27.4 Å². The van der Waals surface area contributed by atoms with Gasteiger partial charge < -0.3 is 10.7 Å². The Morgan fingerprint density at radius 3 is 2.71 bits per heavy atom. The van der Waals surface area contributed by atoms with Gasteiger partial charge in [0, 0.05) is 17.3 Å². The maximum Gasteiger partial charge on any atom is 0.251 e. The van der Waals surface area contributed by atoms with Crippen LogP contribution in [0.3, 0.4) is 0 Å². The highest BCUT2D eigenvalue weighted by Gasteiger charge is 2.12. The maximum atomic E-state index is 11.7.